The molecular formula is C13H15F3O2. The van der Waals surface area contributed by atoms with E-state index < -0.39 is 11.7 Å². The van der Waals surface area contributed by atoms with Crippen LogP contribution in [0.25, 0.3) is 0 Å². The van der Waals surface area contributed by atoms with E-state index in [4.69, 9.17) is 4.74 Å². The number of ether oxygens (including phenoxy) is 1. The lowest BCUT2D eigenvalue weighted by molar-refractivity contribution is -0.143. The zero-order valence-electron chi connectivity index (χ0n) is 10.3. The Morgan fingerprint density at radius 2 is 1.83 bits per heavy atom. The van der Waals surface area contributed by atoms with E-state index in [0.717, 1.165) is 12.1 Å². The Morgan fingerprint density at radius 1 is 1.28 bits per heavy atom. The first-order chi connectivity index (χ1) is 8.34. The molecule has 0 aliphatic rings. The number of hydrogen-bond acceptors (Lipinski definition) is 2. The molecule has 100 valence electrons. The van der Waals surface area contributed by atoms with E-state index in [9.17, 15) is 18.0 Å². The van der Waals surface area contributed by atoms with Crippen molar-refractivity contribution >= 4 is 5.97 Å². The highest BCUT2D eigenvalue weighted by Crippen LogP contribution is 2.30. The molecule has 0 amide bonds. The molecule has 0 spiro atoms. The van der Waals surface area contributed by atoms with E-state index in [1.807, 2.05) is 0 Å². The number of carbonyl (C=O) groups is 1. The van der Waals surface area contributed by atoms with Gasteiger partial charge in [-0.15, -0.1) is 0 Å². The summed E-state index contributed by atoms with van der Waals surface area (Å²) >= 11 is 0. The van der Waals surface area contributed by atoms with Crippen molar-refractivity contribution in [3.05, 3.63) is 35.4 Å². The summed E-state index contributed by atoms with van der Waals surface area (Å²) in [6.07, 6.45) is -4.16. The molecular weight excluding hydrogens is 245 g/mol. The fourth-order valence-electron chi connectivity index (χ4n) is 1.59. The van der Waals surface area contributed by atoms with Gasteiger partial charge in [-0.2, -0.15) is 13.2 Å². The summed E-state index contributed by atoms with van der Waals surface area (Å²) in [5.41, 5.74) is 0.00522. The smallest absolute Gasteiger partial charge is 0.416 e. The lowest BCUT2D eigenvalue weighted by Gasteiger charge is -2.12. The molecule has 18 heavy (non-hydrogen) atoms. The third-order valence-electron chi connectivity index (χ3n) is 2.59. The number of carbonyl (C=O) groups excluding carboxylic acids is 1. The second-order valence-electron chi connectivity index (χ2n) is 4.03. The Morgan fingerprint density at radius 3 is 2.28 bits per heavy atom. The first-order valence-corrected chi connectivity index (χ1v) is 5.67. The highest BCUT2D eigenvalue weighted by molar-refractivity contribution is 5.70. The van der Waals surface area contributed by atoms with Crippen LogP contribution in [0.2, 0.25) is 0 Å². The van der Waals surface area contributed by atoms with Crippen LogP contribution in [0, 0.1) is 0 Å². The topological polar surface area (TPSA) is 26.3 Å². The van der Waals surface area contributed by atoms with Crippen molar-refractivity contribution in [3.8, 4) is 0 Å². The van der Waals surface area contributed by atoms with Crippen molar-refractivity contribution in [2.24, 2.45) is 0 Å². The third-order valence-corrected chi connectivity index (χ3v) is 2.59. The monoisotopic (exact) mass is 260 g/mol. The van der Waals surface area contributed by atoms with E-state index in [2.05, 4.69) is 0 Å². The van der Waals surface area contributed by atoms with Crippen LogP contribution in [0.15, 0.2) is 24.3 Å². The normalized spacial score (nSPS) is 13.2. The van der Waals surface area contributed by atoms with Crippen molar-refractivity contribution in [2.75, 3.05) is 6.61 Å². The molecule has 5 heteroatoms. The van der Waals surface area contributed by atoms with Gasteiger partial charge in [0.15, 0.2) is 0 Å². The van der Waals surface area contributed by atoms with Crippen LogP contribution in [-0.2, 0) is 15.7 Å². The molecule has 2 nitrogen and oxygen atoms in total. The van der Waals surface area contributed by atoms with Crippen molar-refractivity contribution in [2.45, 2.75) is 32.4 Å². The standard InChI is InChI=1S/C13H15F3O2/c1-3-18-12(17)8-9(2)10-4-6-11(7-5-10)13(14,15)16/h4-7,9H,3,8H2,1-2H3/t9-/m0/s1. The molecule has 0 saturated heterocycles. The van der Waals surface area contributed by atoms with Crippen LogP contribution in [-0.4, -0.2) is 12.6 Å². The quantitative estimate of drug-likeness (QED) is 0.770. The molecule has 1 rings (SSSR count). The number of benzene rings is 1. The fraction of sp³-hybridized carbons (Fsp3) is 0.462. The Hall–Kier alpha value is -1.52. The number of rotatable bonds is 4. The largest absolute Gasteiger partial charge is 0.466 e. The fourth-order valence-corrected chi connectivity index (χ4v) is 1.59. The zero-order valence-corrected chi connectivity index (χ0v) is 10.3. The minimum atomic E-state index is -4.33. The molecule has 0 aliphatic heterocycles. The van der Waals surface area contributed by atoms with Crippen molar-refractivity contribution in [1.82, 2.24) is 0 Å². The summed E-state index contributed by atoms with van der Waals surface area (Å²) in [5.74, 6) is -0.503. The SMILES string of the molecule is CCOC(=O)C[C@H](C)c1ccc(C(F)(F)F)cc1. The number of hydrogen-bond donors (Lipinski definition) is 0. The minimum absolute atomic E-state index is 0.161. The van der Waals surface area contributed by atoms with E-state index in [1.165, 1.54) is 12.1 Å². The lowest BCUT2D eigenvalue weighted by Crippen LogP contribution is -2.09. The van der Waals surface area contributed by atoms with Gasteiger partial charge in [0.05, 0.1) is 18.6 Å². The number of halogens is 3. The van der Waals surface area contributed by atoms with E-state index >= 15 is 0 Å². The maximum absolute atomic E-state index is 12.4. The van der Waals surface area contributed by atoms with Crippen LogP contribution in [0.5, 0.6) is 0 Å². The molecule has 0 unspecified atom stereocenters. The zero-order chi connectivity index (χ0) is 13.8. The maximum Gasteiger partial charge on any atom is 0.416 e. The van der Waals surface area contributed by atoms with E-state index in [-0.39, 0.29) is 18.3 Å². The molecule has 0 aromatic heterocycles. The molecule has 1 aromatic carbocycles. The third kappa shape index (κ3) is 4.05. The first kappa shape index (κ1) is 14.5. The van der Waals surface area contributed by atoms with Gasteiger partial charge in [0, 0.05) is 0 Å². The van der Waals surface area contributed by atoms with Gasteiger partial charge < -0.3 is 4.74 Å². The van der Waals surface area contributed by atoms with Crippen LogP contribution in [0.3, 0.4) is 0 Å². The van der Waals surface area contributed by atoms with Crippen molar-refractivity contribution in [1.29, 1.82) is 0 Å². The van der Waals surface area contributed by atoms with Gasteiger partial charge in [0.2, 0.25) is 0 Å². The minimum Gasteiger partial charge on any atom is -0.466 e. The molecule has 0 radical (unpaired) electrons. The predicted octanol–water partition coefficient (Wildman–Crippen LogP) is 3.76. The Kier molecular flexibility index (Phi) is 4.76. The highest BCUT2D eigenvalue weighted by Gasteiger charge is 2.30. The van der Waals surface area contributed by atoms with Gasteiger partial charge >= 0.3 is 12.1 Å². The van der Waals surface area contributed by atoms with Crippen LogP contribution >= 0.6 is 0 Å². The Bertz CT molecular complexity index is 396. The van der Waals surface area contributed by atoms with Gasteiger partial charge in [-0.3, -0.25) is 4.79 Å². The van der Waals surface area contributed by atoms with Crippen LogP contribution in [0.1, 0.15) is 37.3 Å². The highest BCUT2D eigenvalue weighted by atomic mass is 19.4. The predicted molar refractivity (Wildman–Crippen MR) is 61.1 cm³/mol. The molecule has 0 N–H and O–H groups in total. The van der Waals surface area contributed by atoms with E-state index in [1.54, 1.807) is 13.8 Å². The molecule has 0 aliphatic carbocycles. The van der Waals surface area contributed by atoms with Gasteiger partial charge in [0.1, 0.15) is 0 Å². The number of alkyl halides is 3. The summed E-state index contributed by atoms with van der Waals surface area (Å²) in [6.45, 7) is 3.79. The average molecular weight is 260 g/mol. The van der Waals surface area contributed by atoms with Gasteiger partial charge in [-0.1, -0.05) is 19.1 Å². The number of esters is 1. The molecule has 0 heterocycles. The summed E-state index contributed by atoms with van der Waals surface area (Å²) in [5, 5.41) is 0. The Labute approximate surface area is 104 Å². The summed E-state index contributed by atoms with van der Waals surface area (Å²) in [7, 11) is 0. The summed E-state index contributed by atoms with van der Waals surface area (Å²) in [6, 6.07) is 4.84. The van der Waals surface area contributed by atoms with E-state index in [0.29, 0.717) is 12.2 Å². The first-order valence-electron chi connectivity index (χ1n) is 5.67. The lowest BCUT2D eigenvalue weighted by atomic mass is 9.97. The average Bonchev–Trinajstić information content (AvgIpc) is 2.28. The molecule has 0 bridgehead atoms. The summed E-state index contributed by atoms with van der Waals surface area (Å²) < 4.78 is 41.9. The second-order valence-corrected chi connectivity index (χ2v) is 4.03. The second kappa shape index (κ2) is 5.89. The van der Waals surface area contributed by atoms with Gasteiger partial charge in [0.25, 0.3) is 0 Å². The Balaban J connectivity index is 2.70. The van der Waals surface area contributed by atoms with Gasteiger partial charge in [-0.05, 0) is 30.5 Å². The maximum atomic E-state index is 12.4. The molecule has 1 atom stereocenters. The van der Waals surface area contributed by atoms with Crippen molar-refractivity contribution in [3.63, 3.8) is 0 Å². The summed E-state index contributed by atoms with van der Waals surface area (Å²) in [4.78, 5) is 11.3. The molecule has 0 saturated carbocycles. The van der Waals surface area contributed by atoms with Crippen LogP contribution < -0.4 is 0 Å². The molecule has 0 fully saturated rings. The van der Waals surface area contributed by atoms with Crippen LogP contribution in [0.4, 0.5) is 13.2 Å². The molecule has 1 aromatic rings. The van der Waals surface area contributed by atoms with Gasteiger partial charge in [-0.25, -0.2) is 0 Å². The van der Waals surface area contributed by atoms with Crippen molar-refractivity contribution < 1.29 is 22.7 Å².